The number of carbonyl (C=O) groups is 1. The monoisotopic (exact) mass is 1120 g/mol. The predicted octanol–water partition coefficient (Wildman–Crippen LogP) is 13.7. The molecule has 0 spiro atoms. The first-order valence-electron chi connectivity index (χ1n) is 18.5. The van der Waals surface area contributed by atoms with E-state index in [0.29, 0.717) is 5.75 Å². The summed E-state index contributed by atoms with van der Waals surface area (Å²) in [5.41, 5.74) is -29.4. The van der Waals surface area contributed by atoms with Crippen LogP contribution in [0.5, 0.6) is 0 Å². The Kier molecular flexibility index (Phi) is 16.1. The van der Waals surface area contributed by atoms with Gasteiger partial charge in [-0.15, -0.1) is 0 Å². The maximum atomic E-state index is 14.2. The number of Topliss-reactive ketones (excluding diaryl/α,β-unsaturated/α-hetero) is 1. The maximum absolute atomic E-state index is 14.2. The van der Waals surface area contributed by atoms with E-state index in [1.165, 1.54) is 0 Å². The van der Waals surface area contributed by atoms with Crippen molar-refractivity contribution in [2.75, 3.05) is 18.3 Å². The molecule has 0 heterocycles. The summed E-state index contributed by atoms with van der Waals surface area (Å²) in [7, 11) is 0.182. The van der Waals surface area contributed by atoms with Crippen LogP contribution in [0.3, 0.4) is 0 Å². The Morgan fingerprint density at radius 2 is 0.600 bits per heavy atom. The average Bonchev–Trinajstić information content (AvgIpc) is 3.18. The number of ketones is 1. The highest BCUT2D eigenvalue weighted by atomic mass is 79.9. The molecule has 5 rings (SSSR count). The van der Waals surface area contributed by atoms with Crippen molar-refractivity contribution in [1.29, 1.82) is 0 Å². The third-order valence-corrected chi connectivity index (χ3v) is 11.3. The molecule has 0 aliphatic rings. The summed E-state index contributed by atoms with van der Waals surface area (Å²) in [4.78, 5) is 11.6. The van der Waals surface area contributed by atoms with E-state index in [4.69, 9.17) is 0 Å². The first kappa shape index (κ1) is 57.6. The SMILES string of the molecule is C[S+](C)CC(=O)c1cccc(Br)c1.FC(F)(F)c1cc([B-](c2cc(C(F)(F)F)cc(C(F)(F)F)c2)(c2cc(C(F)(F)F)cc(C(F)(F)F)c2)c2cc(C(F)(F)F)cc(C(F)(F)F)c2)cc(C(F)(F)F)c1. The molecule has 5 aromatic carbocycles. The van der Waals surface area contributed by atoms with Gasteiger partial charge in [-0.2, -0.15) is 127 Å². The van der Waals surface area contributed by atoms with E-state index in [1.54, 1.807) is 0 Å². The number of hydrogen-bond donors (Lipinski definition) is 0. The summed E-state index contributed by atoms with van der Waals surface area (Å²) in [6.07, 6.45) is -50.6. The second-order valence-corrected chi connectivity index (χ2v) is 18.5. The van der Waals surface area contributed by atoms with Crippen molar-refractivity contribution >= 4 is 60.6 Å². The van der Waals surface area contributed by atoms with Crippen LogP contribution in [0.1, 0.15) is 54.9 Å². The van der Waals surface area contributed by atoms with Crippen LogP contribution in [0.15, 0.2) is 102 Å². The predicted molar refractivity (Wildman–Crippen MR) is 213 cm³/mol. The molecule has 0 N–H and O–H groups in total. The van der Waals surface area contributed by atoms with Gasteiger partial charge in [0.1, 0.15) is 6.15 Å². The van der Waals surface area contributed by atoms with E-state index in [2.05, 4.69) is 28.4 Å². The second kappa shape index (κ2) is 19.5. The molecule has 5 aromatic rings. The lowest BCUT2D eigenvalue weighted by Gasteiger charge is -2.46. The van der Waals surface area contributed by atoms with Gasteiger partial charge < -0.3 is 0 Å². The van der Waals surface area contributed by atoms with E-state index < -0.39 is 195 Å². The molecule has 70 heavy (non-hydrogen) atoms. The Morgan fingerprint density at radius 1 is 0.386 bits per heavy atom. The number of carbonyl (C=O) groups excluding carboxylic acids is 1. The average molecular weight is 1120 g/mol. The molecule has 0 unspecified atom stereocenters. The third-order valence-electron chi connectivity index (χ3n) is 10.0. The van der Waals surface area contributed by atoms with Gasteiger partial charge in [0.25, 0.3) is 0 Å². The highest BCUT2D eigenvalue weighted by molar-refractivity contribution is 9.10. The molecular weight excluding hydrogens is 1100 g/mol. The normalized spacial score (nSPS) is 13.6. The van der Waals surface area contributed by atoms with Gasteiger partial charge in [0.05, 0.1) is 57.0 Å². The molecule has 0 saturated carbocycles. The molecule has 382 valence electrons. The maximum Gasteiger partial charge on any atom is 0.416 e. The van der Waals surface area contributed by atoms with Crippen LogP contribution in [-0.4, -0.2) is 30.2 Å². The molecule has 0 amide bonds. The molecule has 0 aliphatic carbocycles. The van der Waals surface area contributed by atoms with Crippen molar-refractivity contribution in [3.63, 3.8) is 0 Å². The molecule has 0 aromatic heterocycles. The molecule has 28 heteroatoms. The Balaban J connectivity index is 0.000000707. The minimum Gasteiger partial charge on any atom is -0.289 e. The van der Waals surface area contributed by atoms with Crippen molar-refractivity contribution in [2.45, 2.75) is 49.4 Å². The first-order valence-corrected chi connectivity index (χ1v) is 21.5. The van der Waals surface area contributed by atoms with Crippen LogP contribution in [0.4, 0.5) is 105 Å². The number of alkyl halides is 24. The summed E-state index contributed by atoms with van der Waals surface area (Å²) in [6.45, 7) is 0. The summed E-state index contributed by atoms with van der Waals surface area (Å²) in [6, 6.07) is -1.26. The molecule has 0 fully saturated rings. The molecule has 1 nitrogen and oxygen atoms in total. The third kappa shape index (κ3) is 13.7. The minimum absolute atomic E-state index is 0.182. The van der Waals surface area contributed by atoms with Gasteiger partial charge in [-0.25, -0.2) is 0 Å². The zero-order valence-corrected chi connectivity index (χ0v) is 36.7. The molecule has 0 radical (unpaired) electrons. The molecule has 0 atom stereocenters. The fraction of sp³-hybridized carbons (Fsp3) is 0.262. The molecule has 0 saturated heterocycles. The van der Waals surface area contributed by atoms with Crippen molar-refractivity contribution in [1.82, 2.24) is 0 Å². The Hall–Kier alpha value is -5.02. The van der Waals surface area contributed by atoms with E-state index >= 15 is 0 Å². The minimum atomic E-state index is -6.13. The van der Waals surface area contributed by atoms with E-state index in [9.17, 15) is 110 Å². The van der Waals surface area contributed by atoms with Gasteiger partial charge in [0, 0.05) is 10.0 Å². The molecule has 0 bridgehead atoms. The number of hydrogen-bond acceptors (Lipinski definition) is 1. The number of benzene rings is 5. The van der Waals surface area contributed by atoms with Crippen LogP contribution in [0, 0.1) is 0 Å². The van der Waals surface area contributed by atoms with Crippen molar-refractivity contribution < 1.29 is 110 Å². The summed E-state index contributed by atoms with van der Waals surface area (Å²) >= 11 is 3.35. The summed E-state index contributed by atoms with van der Waals surface area (Å²) in [5.74, 6) is 0.880. The van der Waals surface area contributed by atoms with Gasteiger partial charge in [0.2, 0.25) is 5.78 Å². The topological polar surface area (TPSA) is 17.1 Å². The number of halogens is 25. The Labute approximate surface area is 389 Å². The zero-order valence-electron chi connectivity index (χ0n) is 34.3. The summed E-state index contributed by atoms with van der Waals surface area (Å²) < 4.78 is 342. The smallest absolute Gasteiger partial charge is 0.289 e. The molecular formula is C42H24BBrF24OS. The first-order chi connectivity index (χ1) is 31.4. The lowest BCUT2D eigenvalue weighted by Crippen LogP contribution is -2.75. The fourth-order valence-electron chi connectivity index (χ4n) is 7.08. The highest BCUT2D eigenvalue weighted by Crippen LogP contribution is 2.41. The highest BCUT2D eigenvalue weighted by Gasteiger charge is 2.47. The molecule has 0 aliphatic heterocycles. The second-order valence-electron chi connectivity index (χ2n) is 15.3. The van der Waals surface area contributed by atoms with Gasteiger partial charge in [-0.1, -0.05) is 76.6 Å². The summed E-state index contributed by atoms with van der Waals surface area (Å²) in [5, 5.41) is 0. The zero-order chi connectivity index (χ0) is 53.8. The van der Waals surface area contributed by atoms with Crippen LogP contribution in [0.25, 0.3) is 0 Å². The van der Waals surface area contributed by atoms with Crippen LogP contribution < -0.4 is 21.9 Å². The Bertz CT molecular complexity index is 2270. The van der Waals surface area contributed by atoms with Gasteiger partial charge >= 0.3 is 49.4 Å². The lowest BCUT2D eigenvalue weighted by molar-refractivity contribution is -0.144. The van der Waals surface area contributed by atoms with Crippen molar-refractivity contribution in [3.8, 4) is 0 Å². The quantitative estimate of drug-likeness (QED) is 0.0687. The van der Waals surface area contributed by atoms with Crippen LogP contribution >= 0.6 is 15.9 Å². The van der Waals surface area contributed by atoms with Gasteiger partial charge in [0.15, 0.2) is 5.75 Å². The fourth-order valence-corrected chi connectivity index (χ4v) is 8.17. The largest absolute Gasteiger partial charge is 0.416 e. The van der Waals surface area contributed by atoms with Crippen molar-refractivity contribution in [3.05, 3.63) is 152 Å². The van der Waals surface area contributed by atoms with Crippen LogP contribution in [0.2, 0.25) is 0 Å². The van der Waals surface area contributed by atoms with Crippen LogP contribution in [-0.2, 0) is 60.3 Å². The van der Waals surface area contributed by atoms with E-state index in [-0.39, 0.29) is 16.7 Å². The Morgan fingerprint density at radius 3 is 0.771 bits per heavy atom. The standard InChI is InChI=1S/C32H12BF24.C10H12BrOS/c34-25(35,36)13-1-14(26(37,38)39)6-21(5-13)33(22-7-15(27(40,41)42)2-16(8-22)28(43,44)45,23-9-17(29(46,47)48)3-18(10-23)30(49,50)51)24-11-19(31(52,53)54)4-20(12-24)32(55,56)57;1-13(2)7-10(12)8-4-3-5-9(11)6-8/h1-12H;3-6H,7H2,1-2H3/q-1;+1. The van der Waals surface area contributed by atoms with Gasteiger partial charge in [-0.3, -0.25) is 4.79 Å². The number of rotatable bonds is 7. The van der Waals surface area contributed by atoms with E-state index in [1.807, 2.05) is 24.3 Å². The van der Waals surface area contributed by atoms with E-state index in [0.717, 1.165) is 10.0 Å². The van der Waals surface area contributed by atoms with Crippen molar-refractivity contribution in [2.24, 2.45) is 0 Å². The lowest BCUT2D eigenvalue weighted by atomic mass is 9.12. The van der Waals surface area contributed by atoms with Gasteiger partial charge in [-0.05, 0) is 47.3 Å².